The Morgan fingerprint density at radius 2 is 2.09 bits per heavy atom. The van der Waals surface area contributed by atoms with Crippen molar-refractivity contribution >= 4 is 5.91 Å². The number of methoxy groups -OCH3 is 1. The molecule has 3 rings (SSSR count). The third-order valence-corrected chi connectivity index (χ3v) is 6.15. The second-order valence-corrected chi connectivity index (χ2v) is 9.03. The number of aryl methyl sites for hydroxylation is 1. The molecule has 1 aromatic heterocycles. The molecular weight excluding hydrogens is 422 g/mol. The van der Waals surface area contributed by atoms with E-state index in [0.717, 1.165) is 18.0 Å². The summed E-state index contributed by atoms with van der Waals surface area (Å²) in [6, 6.07) is 7.81. The number of hydrogen-bond acceptors (Lipinski definition) is 7. The standard InChI is InChI=1S/C24H37N5O4/c1-18-12-29(19(2)16-30)24(31)6-5-11-28-14-21(25-26-28)17-33-23(18)15-27(3)13-20-7-9-22(32-4)10-8-20/h7-10,14,18-19,23,30H,5-6,11-13,15-17H2,1-4H3/t18-,19-,23-/m0/s1. The number of benzene rings is 1. The minimum absolute atomic E-state index is 0.0494. The van der Waals surface area contributed by atoms with E-state index >= 15 is 0 Å². The maximum Gasteiger partial charge on any atom is 0.222 e. The van der Waals surface area contributed by atoms with E-state index in [0.29, 0.717) is 39.1 Å². The maximum atomic E-state index is 13.0. The third-order valence-electron chi connectivity index (χ3n) is 6.15. The Morgan fingerprint density at radius 3 is 2.79 bits per heavy atom. The van der Waals surface area contributed by atoms with E-state index in [4.69, 9.17) is 9.47 Å². The van der Waals surface area contributed by atoms with Crippen LogP contribution in [0.25, 0.3) is 0 Å². The molecule has 2 aromatic rings. The molecule has 3 atom stereocenters. The van der Waals surface area contributed by atoms with Gasteiger partial charge in [-0.15, -0.1) is 5.10 Å². The van der Waals surface area contributed by atoms with Gasteiger partial charge in [-0.25, -0.2) is 0 Å². The molecule has 1 amide bonds. The summed E-state index contributed by atoms with van der Waals surface area (Å²) in [5.41, 5.74) is 1.97. The summed E-state index contributed by atoms with van der Waals surface area (Å²) < 4.78 is 13.3. The van der Waals surface area contributed by atoms with Crippen LogP contribution in [0.3, 0.4) is 0 Å². The number of hydrogen-bond donors (Lipinski definition) is 1. The molecule has 33 heavy (non-hydrogen) atoms. The average Bonchev–Trinajstić information content (AvgIpc) is 3.27. The van der Waals surface area contributed by atoms with Gasteiger partial charge in [-0.1, -0.05) is 24.3 Å². The van der Waals surface area contributed by atoms with Crippen LogP contribution in [0.2, 0.25) is 0 Å². The van der Waals surface area contributed by atoms with E-state index in [9.17, 15) is 9.90 Å². The topological polar surface area (TPSA) is 93.0 Å². The van der Waals surface area contributed by atoms with Gasteiger partial charge in [0.15, 0.2) is 0 Å². The molecule has 2 heterocycles. The van der Waals surface area contributed by atoms with Crippen molar-refractivity contribution < 1.29 is 19.4 Å². The van der Waals surface area contributed by atoms with Gasteiger partial charge in [0.2, 0.25) is 5.91 Å². The summed E-state index contributed by atoms with van der Waals surface area (Å²) >= 11 is 0. The van der Waals surface area contributed by atoms with E-state index in [-0.39, 0.29) is 30.6 Å². The zero-order chi connectivity index (χ0) is 23.8. The van der Waals surface area contributed by atoms with Crippen LogP contribution < -0.4 is 4.74 Å². The summed E-state index contributed by atoms with van der Waals surface area (Å²) in [7, 11) is 3.73. The van der Waals surface area contributed by atoms with Gasteiger partial charge in [-0.2, -0.15) is 0 Å². The van der Waals surface area contributed by atoms with E-state index < -0.39 is 0 Å². The van der Waals surface area contributed by atoms with Crippen LogP contribution in [0.15, 0.2) is 30.5 Å². The first-order valence-corrected chi connectivity index (χ1v) is 11.6. The largest absolute Gasteiger partial charge is 0.497 e. The Bertz CT molecular complexity index is 872. The van der Waals surface area contributed by atoms with Crippen molar-refractivity contribution in [2.24, 2.45) is 5.92 Å². The van der Waals surface area contributed by atoms with Crippen LogP contribution in [0.5, 0.6) is 5.75 Å². The molecule has 0 radical (unpaired) electrons. The minimum Gasteiger partial charge on any atom is -0.497 e. The summed E-state index contributed by atoms with van der Waals surface area (Å²) in [6.07, 6.45) is 2.86. The second-order valence-electron chi connectivity index (χ2n) is 9.03. The fourth-order valence-electron chi connectivity index (χ4n) is 4.11. The fraction of sp³-hybridized carbons (Fsp3) is 0.625. The predicted molar refractivity (Wildman–Crippen MR) is 125 cm³/mol. The lowest BCUT2D eigenvalue weighted by Crippen LogP contribution is -2.47. The quantitative estimate of drug-likeness (QED) is 0.676. The van der Waals surface area contributed by atoms with Crippen LogP contribution in [0.4, 0.5) is 0 Å². The number of ether oxygens (including phenoxy) is 2. The van der Waals surface area contributed by atoms with Crippen molar-refractivity contribution in [3.8, 4) is 5.75 Å². The van der Waals surface area contributed by atoms with Gasteiger partial charge in [0.25, 0.3) is 0 Å². The average molecular weight is 460 g/mol. The van der Waals surface area contributed by atoms with Crippen molar-refractivity contribution in [2.45, 2.75) is 58.5 Å². The SMILES string of the molecule is COc1ccc(CN(C)C[C@@H]2OCc3cn(nn3)CCCC(=O)N([C@@H](C)CO)C[C@@H]2C)cc1. The number of carbonyl (C=O) groups excluding carboxylic acids is 1. The molecule has 182 valence electrons. The third kappa shape index (κ3) is 7.25. The number of fused-ring (bicyclic) bond motifs is 2. The van der Waals surface area contributed by atoms with Crippen molar-refractivity contribution in [1.29, 1.82) is 0 Å². The number of likely N-dealkylation sites (N-methyl/N-ethyl adjacent to an activating group) is 1. The second kappa shape index (κ2) is 12.1. The number of aromatic nitrogens is 3. The summed E-state index contributed by atoms with van der Waals surface area (Å²) in [5, 5.41) is 18.1. The molecule has 0 aliphatic carbocycles. The lowest BCUT2D eigenvalue weighted by molar-refractivity contribution is -0.136. The monoisotopic (exact) mass is 459 g/mol. The maximum absolute atomic E-state index is 13.0. The van der Waals surface area contributed by atoms with Gasteiger partial charge in [-0.3, -0.25) is 14.4 Å². The Morgan fingerprint density at radius 1 is 1.33 bits per heavy atom. The number of nitrogens with zero attached hydrogens (tertiary/aromatic N) is 5. The Kier molecular flexibility index (Phi) is 9.22. The van der Waals surface area contributed by atoms with Crippen molar-refractivity contribution in [3.05, 3.63) is 41.7 Å². The van der Waals surface area contributed by atoms with Crippen LogP contribution in [-0.2, 0) is 29.2 Å². The first-order valence-electron chi connectivity index (χ1n) is 11.6. The van der Waals surface area contributed by atoms with Crippen LogP contribution in [0.1, 0.15) is 37.9 Å². The highest BCUT2D eigenvalue weighted by atomic mass is 16.5. The molecule has 1 aromatic carbocycles. The Labute approximate surface area is 196 Å². The van der Waals surface area contributed by atoms with Crippen molar-refractivity contribution in [3.63, 3.8) is 0 Å². The van der Waals surface area contributed by atoms with Crippen LogP contribution in [0, 0.1) is 5.92 Å². The molecular formula is C24H37N5O4. The minimum atomic E-state index is -0.236. The van der Waals surface area contributed by atoms with Crippen LogP contribution in [-0.4, -0.2) is 81.8 Å². The van der Waals surface area contributed by atoms with Gasteiger partial charge in [0.1, 0.15) is 11.4 Å². The number of amides is 1. The van der Waals surface area contributed by atoms with E-state index in [1.807, 2.05) is 25.3 Å². The molecule has 0 fully saturated rings. The number of aliphatic hydroxyl groups excluding tert-OH is 1. The fourth-order valence-corrected chi connectivity index (χ4v) is 4.11. The van der Waals surface area contributed by atoms with Crippen molar-refractivity contribution in [2.75, 3.05) is 33.9 Å². The lowest BCUT2D eigenvalue weighted by atomic mass is 10.0. The van der Waals surface area contributed by atoms with E-state index in [1.165, 1.54) is 5.56 Å². The highest BCUT2D eigenvalue weighted by molar-refractivity contribution is 5.76. The molecule has 9 heteroatoms. The first kappa shape index (κ1) is 25.1. The Balaban J connectivity index is 1.74. The zero-order valence-electron chi connectivity index (χ0n) is 20.2. The van der Waals surface area contributed by atoms with Gasteiger partial charge >= 0.3 is 0 Å². The van der Waals surface area contributed by atoms with Crippen molar-refractivity contribution in [1.82, 2.24) is 24.8 Å². The summed E-state index contributed by atoms with van der Waals surface area (Å²) in [6.45, 7) is 6.92. The lowest BCUT2D eigenvalue weighted by Gasteiger charge is -2.35. The highest BCUT2D eigenvalue weighted by Gasteiger charge is 2.28. The first-order chi connectivity index (χ1) is 15.9. The molecule has 0 spiro atoms. The number of rotatable bonds is 7. The van der Waals surface area contributed by atoms with E-state index in [1.54, 1.807) is 16.7 Å². The summed E-state index contributed by atoms with van der Waals surface area (Å²) in [4.78, 5) is 17.0. The zero-order valence-corrected chi connectivity index (χ0v) is 20.2. The van der Waals surface area contributed by atoms with E-state index in [2.05, 4.69) is 41.3 Å². The molecule has 1 aliphatic rings. The van der Waals surface area contributed by atoms with Gasteiger partial charge < -0.3 is 19.5 Å². The molecule has 9 nitrogen and oxygen atoms in total. The molecule has 1 aliphatic heterocycles. The van der Waals surface area contributed by atoms with Gasteiger partial charge in [0, 0.05) is 38.5 Å². The number of aliphatic hydroxyl groups is 1. The highest BCUT2D eigenvalue weighted by Crippen LogP contribution is 2.19. The predicted octanol–water partition coefficient (Wildman–Crippen LogP) is 1.94. The van der Waals surface area contributed by atoms with Crippen LogP contribution >= 0.6 is 0 Å². The van der Waals surface area contributed by atoms with Gasteiger partial charge in [-0.05, 0) is 38.1 Å². The smallest absolute Gasteiger partial charge is 0.222 e. The molecule has 1 N–H and O–H groups in total. The normalized spacial score (nSPS) is 21.3. The number of carbonyl (C=O) groups is 1. The molecule has 0 saturated carbocycles. The summed E-state index contributed by atoms with van der Waals surface area (Å²) in [5.74, 6) is 0.954. The molecule has 0 unspecified atom stereocenters. The molecule has 0 saturated heterocycles. The Hall–Kier alpha value is -2.49. The van der Waals surface area contributed by atoms with Gasteiger partial charge in [0.05, 0.1) is 38.7 Å². The molecule has 2 bridgehead atoms.